The summed E-state index contributed by atoms with van der Waals surface area (Å²) in [6, 6.07) is -0.123. The van der Waals surface area contributed by atoms with Crippen molar-refractivity contribution in [1.29, 1.82) is 0 Å². The largest absolute Gasteiger partial charge is 0.321 e. The van der Waals surface area contributed by atoms with Gasteiger partial charge in [0.25, 0.3) is 5.92 Å². The molecule has 0 spiro atoms. The Morgan fingerprint density at radius 3 is 2.61 bits per heavy atom. The van der Waals surface area contributed by atoms with Crippen LogP contribution in [0, 0.1) is 5.92 Å². The van der Waals surface area contributed by atoms with E-state index in [4.69, 9.17) is 5.73 Å². The molecular weight excluding hydrogens is 296 g/mol. The first-order valence-corrected chi connectivity index (χ1v) is 9.51. The molecule has 2 N–H and O–H groups in total. The lowest BCUT2D eigenvalue weighted by molar-refractivity contribution is -0.0960. The monoisotopic (exact) mass is 329 g/mol. The van der Waals surface area contributed by atoms with Crippen LogP contribution in [0.1, 0.15) is 58.3 Å². The molecule has 1 saturated heterocycles. The number of nitrogens with two attached hydrogens (primary N) is 1. The molecule has 2 saturated carbocycles. The molecule has 1 heterocycles. The van der Waals surface area contributed by atoms with Crippen LogP contribution < -0.4 is 5.73 Å². The van der Waals surface area contributed by atoms with Crippen LogP contribution in [0.5, 0.6) is 0 Å². The Morgan fingerprint density at radius 1 is 1.22 bits per heavy atom. The van der Waals surface area contributed by atoms with Crippen molar-refractivity contribution in [3.8, 4) is 0 Å². The highest BCUT2D eigenvalue weighted by Crippen LogP contribution is 2.38. The van der Waals surface area contributed by atoms with Crippen LogP contribution in [0.25, 0.3) is 0 Å². The maximum Gasteiger partial charge on any atom is 0.264 e. The van der Waals surface area contributed by atoms with Crippen molar-refractivity contribution in [2.75, 3.05) is 20.1 Å². The zero-order valence-corrected chi connectivity index (χ0v) is 14.7. The normalized spacial score (nSPS) is 38.9. The van der Waals surface area contributed by atoms with E-state index in [2.05, 4.69) is 23.8 Å². The Kier molecular flexibility index (Phi) is 5.29. The standard InChI is InChI=1S/C18H33F2N3/c1-3-14-11-15(22(2)12-13-6-7-13)8-10-23(14)16-5-4-9-18(19,20)17(16)21/h13-17H,3-12,21H2,1-2H3/t14-,15?,16+,17-/m1/s1. The SMILES string of the molecule is CC[C@@H]1CC(N(C)CC2CC2)CCN1[C@H]1CCCC(F)(F)[C@@H]1N. The molecule has 4 atom stereocenters. The van der Waals surface area contributed by atoms with Gasteiger partial charge in [0.2, 0.25) is 0 Å². The summed E-state index contributed by atoms with van der Waals surface area (Å²) in [5.41, 5.74) is 5.97. The quantitative estimate of drug-likeness (QED) is 0.841. The molecule has 3 nitrogen and oxygen atoms in total. The fourth-order valence-corrected chi connectivity index (χ4v) is 4.69. The van der Waals surface area contributed by atoms with Crippen LogP contribution in [0.2, 0.25) is 0 Å². The molecule has 3 aliphatic rings. The highest BCUT2D eigenvalue weighted by Gasteiger charge is 2.48. The average molecular weight is 329 g/mol. The highest BCUT2D eigenvalue weighted by molar-refractivity contribution is 5.00. The summed E-state index contributed by atoms with van der Waals surface area (Å²) in [6.45, 7) is 4.32. The first-order chi connectivity index (χ1) is 10.9. The van der Waals surface area contributed by atoms with Crippen LogP contribution in [0.3, 0.4) is 0 Å². The van der Waals surface area contributed by atoms with Crippen molar-refractivity contribution in [2.45, 2.75) is 88.4 Å². The lowest BCUT2D eigenvalue weighted by Gasteiger charge is -2.49. The molecule has 2 aliphatic carbocycles. The Hall–Kier alpha value is -0.260. The van der Waals surface area contributed by atoms with E-state index in [0.29, 0.717) is 18.5 Å². The molecule has 0 radical (unpaired) electrons. The lowest BCUT2D eigenvalue weighted by Crippen LogP contribution is -2.63. The van der Waals surface area contributed by atoms with Gasteiger partial charge >= 0.3 is 0 Å². The number of rotatable bonds is 5. The fourth-order valence-electron chi connectivity index (χ4n) is 4.69. The van der Waals surface area contributed by atoms with Crippen LogP contribution in [0.15, 0.2) is 0 Å². The van der Waals surface area contributed by atoms with Gasteiger partial charge in [0.05, 0.1) is 6.04 Å². The molecule has 134 valence electrons. The van der Waals surface area contributed by atoms with E-state index in [-0.39, 0.29) is 12.5 Å². The molecule has 3 rings (SSSR count). The van der Waals surface area contributed by atoms with E-state index >= 15 is 0 Å². The lowest BCUT2D eigenvalue weighted by atomic mass is 9.83. The predicted octanol–water partition coefficient (Wildman–Crippen LogP) is 3.09. The summed E-state index contributed by atoms with van der Waals surface area (Å²) in [4.78, 5) is 4.85. The van der Waals surface area contributed by atoms with Gasteiger partial charge < -0.3 is 10.6 Å². The zero-order chi connectivity index (χ0) is 16.6. The molecule has 0 bridgehead atoms. The summed E-state index contributed by atoms with van der Waals surface area (Å²) in [7, 11) is 2.24. The van der Waals surface area contributed by atoms with E-state index < -0.39 is 12.0 Å². The number of likely N-dealkylation sites (tertiary alicyclic amines) is 1. The molecule has 1 unspecified atom stereocenters. The van der Waals surface area contributed by atoms with Gasteiger partial charge in [0.15, 0.2) is 0 Å². The number of alkyl halides is 2. The molecule has 0 aromatic carbocycles. The van der Waals surface area contributed by atoms with Crippen LogP contribution in [0.4, 0.5) is 8.78 Å². The van der Waals surface area contributed by atoms with E-state index in [9.17, 15) is 8.78 Å². The maximum absolute atomic E-state index is 14.0. The summed E-state index contributed by atoms with van der Waals surface area (Å²) < 4.78 is 28.1. The number of nitrogens with zero attached hydrogens (tertiary/aromatic N) is 2. The van der Waals surface area contributed by atoms with Crippen LogP contribution in [-0.4, -0.2) is 60.0 Å². The van der Waals surface area contributed by atoms with Crippen molar-refractivity contribution in [1.82, 2.24) is 9.80 Å². The zero-order valence-electron chi connectivity index (χ0n) is 14.7. The summed E-state index contributed by atoms with van der Waals surface area (Å²) >= 11 is 0. The van der Waals surface area contributed by atoms with E-state index in [0.717, 1.165) is 38.1 Å². The van der Waals surface area contributed by atoms with Gasteiger partial charge in [0, 0.05) is 37.6 Å². The summed E-state index contributed by atoms with van der Waals surface area (Å²) in [6.07, 6.45) is 7.38. The minimum absolute atomic E-state index is 0.0396. The van der Waals surface area contributed by atoms with Gasteiger partial charge in [-0.05, 0) is 57.9 Å². The van der Waals surface area contributed by atoms with E-state index in [1.807, 2.05) is 0 Å². The number of hydrogen-bond acceptors (Lipinski definition) is 3. The Bertz CT molecular complexity index is 400. The summed E-state index contributed by atoms with van der Waals surface area (Å²) in [5.74, 6) is -1.79. The first-order valence-electron chi connectivity index (χ1n) is 9.51. The Morgan fingerprint density at radius 2 is 1.96 bits per heavy atom. The van der Waals surface area contributed by atoms with Crippen molar-refractivity contribution >= 4 is 0 Å². The van der Waals surface area contributed by atoms with Gasteiger partial charge in [-0.25, -0.2) is 8.78 Å². The van der Waals surface area contributed by atoms with Crippen LogP contribution >= 0.6 is 0 Å². The smallest absolute Gasteiger partial charge is 0.264 e. The topological polar surface area (TPSA) is 32.5 Å². The molecule has 23 heavy (non-hydrogen) atoms. The van der Waals surface area contributed by atoms with Crippen molar-refractivity contribution in [2.24, 2.45) is 11.7 Å². The molecule has 0 aromatic rings. The van der Waals surface area contributed by atoms with Crippen molar-refractivity contribution in [3.05, 3.63) is 0 Å². The van der Waals surface area contributed by atoms with Crippen LogP contribution in [-0.2, 0) is 0 Å². The molecule has 0 amide bonds. The van der Waals surface area contributed by atoms with Crippen molar-refractivity contribution in [3.63, 3.8) is 0 Å². The minimum Gasteiger partial charge on any atom is -0.321 e. The van der Waals surface area contributed by atoms with Gasteiger partial charge in [-0.2, -0.15) is 0 Å². The Balaban J connectivity index is 1.62. The number of hydrogen-bond donors (Lipinski definition) is 1. The van der Waals surface area contributed by atoms with Gasteiger partial charge in [-0.3, -0.25) is 4.90 Å². The molecular formula is C18H33F2N3. The fraction of sp³-hybridized carbons (Fsp3) is 1.00. The predicted molar refractivity (Wildman–Crippen MR) is 89.7 cm³/mol. The van der Waals surface area contributed by atoms with Gasteiger partial charge in [-0.15, -0.1) is 0 Å². The second-order valence-electron chi connectivity index (χ2n) is 8.11. The second-order valence-corrected chi connectivity index (χ2v) is 8.11. The third kappa shape index (κ3) is 3.88. The highest BCUT2D eigenvalue weighted by atomic mass is 19.3. The molecule has 3 fully saturated rings. The average Bonchev–Trinajstić information content (AvgIpc) is 3.33. The van der Waals surface area contributed by atoms with E-state index in [1.165, 1.54) is 19.4 Å². The summed E-state index contributed by atoms with van der Waals surface area (Å²) in [5, 5.41) is 0. The molecule has 1 aliphatic heterocycles. The van der Waals surface area contributed by atoms with Gasteiger partial charge in [0.1, 0.15) is 0 Å². The number of halogens is 2. The maximum atomic E-state index is 14.0. The number of piperidine rings is 1. The van der Waals surface area contributed by atoms with Crippen molar-refractivity contribution < 1.29 is 8.78 Å². The minimum atomic E-state index is -2.69. The third-order valence-electron chi connectivity index (χ3n) is 6.41. The molecule has 5 heteroatoms. The molecule has 0 aromatic heterocycles. The van der Waals surface area contributed by atoms with Gasteiger partial charge in [-0.1, -0.05) is 6.92 Å². The second kappa shape index (κ2) is 6.93. The Labute approximate surface area is 139 Å². The first kappa shape index (κ1) is 17.6. The third-order valence-corrected chi connectivity index (χ3v) is 6.41. The van der Waals surface area contributed by atoms with E-state index in [1.54, 1.807) is 0 Å².